The molecule has 1 atom stereocenters. The van der Waals surface area contributed by atoms with Crippen molar-refractivity contribution in [2.24, 2.45) is 0 Å². The normalized spacial score (nSPS) is 11.6. The SMILES string of the molecule is CCCCCCCCCC(=O)NC(CCCCNC(=O)Cc1ccccc1)C(=O)O. The van der Waals surface area contributed by atoms with Crippen LogP contribution in [0.3, 0.4) is 0 Å². The molecule has 1 rings (SSSR count). The summed E-state index contributed by atoms with van der Waals surface area (Å²) in [5, 5.41) is 14.8. The van der Waals surface area contributed by atoms with E-state index in [4.69, 9.17) is 0 Å². The number of hydrogen-bond acceptors (Lipinski definition) is 3. The van der Waals surface area contributed by atoms with Crippen LogP contribution in [0.15, 0.2) is 30.3 Å². The van der Waals surface area contributed by atoms with Gasteiger partial charge < -0.3 is 15.7 Å². The van der Waals surface area contributed by atoms with E-state index >= 15 is 0 Å². The van der Waals surface area contributed by atoms with Crippen molar-refractivity contribution < 1.29 is 19.5 Å². The fourth-order valence-electron chi connectivity index (χ4n) is 3.31. The zero-order chi connectivity index (χ0) is 22.0. The number of carboxylic acid groups (broad SMARTS) is 1. The molecule has 0 saturated heterocycles. The van der Waals surface area contributed by atoms with Crippen molar-refractivity contribution in [3.8, 4) is 0 Å². The maximum atomic E-state index is 12.0. The zero-order valence-electron chi connectivity index (χ0n) is 18.3. The van der Waals surface area contributed by atoms with Gasteiger partial charge in [-0.15, -0.1) is 0 Å². The Kier molecular flexibility index (Phi) is 14.1. The summed E-state index contributed by atoms with van der Waals surface area (Å²) in [6.07, 6.45) is 10.3. The molecule has 0 aliphatic heterocycles. The number of carboxylic acids is 1. The van der Waals surface area contributed by atoms with E-state index in [2.05, 4.69) is 17.6 Å². The van der Waals surface area contributed by atoms with Crippen LogP contribution in [0.2, 0.25) is 0 Å². The van der Waals surface area contributed by atoms with Crippen LogP contribution in [0, 0.1) is 0 Å². The fourth-order valence-corrected chi connectivity index (χ4v) is 3.31. The molecule has 0 aliphatic rings. The molecule has 0 fully saturated rings. The van der Waals surface area contributed by atoms with Gasteiger partial charge in [-0.05, 0) is 31.2 Å². The molecular weight excluding hydrogens is 380 g/mol. The number of unbranched alkanes of at least 4 members (excludes halogenated alkanes) is 7. The van der Waals surface area contributed by atoms with Crippen LogP contribution < -0.4 is 10.6 Å². The third-order valence-corrected chi connectivity index (χ3v) is 5.09. The second-order valence-corrected chi connectivity index (χ2v) is 7.84. The highest BCUT2D eigenvalue weighted by Crippen LogP contribution is 2.09. The summed E-state index contributed by atoms with van der Waals surface area (Å²) in [6.45, 7) is 2.69. The Bertz CT molecular complexity index is 619. The predicted molar refractivity (Wildman–Crippen MR) is 119 cm³/mol. The number of nitrogens with one attached hydrogen (secondary N) is 2. The summed E-state index contributed by atoms with van der Waals surface area (Å²) >= 11 is 0. The van der Waals surface area contributed by atoms with Crippen LogP contribution in [0.1, 0.15) is 83.1 Å². The van der Waals surface area contributed by atoms with Crippen LogP contribution >= 0.6 is 0 Å². The number of benzene rings is 1. The largest absolute Gasteiger partial charge is 0.480 e. The summed E-state index contributed by atoms with van der Waals surface area (Å²) in [5.41, 5.74) is 0.963. The summed E-state index contributed by atoms with van der Waals surface area (Å²) in [6, 6.07) is 8.67. The Balaban J connectivity index is 2.12. The van der Waals surface area contributed by atoms with Crippen molar-refractivity contribution in [1.82, 2.24) is 10.6 Å². The molecule has 1 aromatic rings. The highest BCUT2D eigenvalue weighted by Gasteiger charge is 2.19. The number of rotatable bonds is 17. The average Bonchev–Trinajstić information content (AvgIpc) is 2.72. The highest BCUT2D eigenvalue weighted by atomic mass is 16.4. The summed E-state index contributed by atoms with van der Waals surface area (Å²) in [7, 11) is 0. The van der Waals surface area contributed by atoms with Crippen molar-refractivity contribution in [1.29, 1.82) is 0 Å². The van der Waals surface area contributed by atoms with Gasteiger partial charge in [-0.3, -0.25) is 9.59 Å². The number of amides is 2. The molecule has 0 bridgehead atoms. The minimum Gasteiger partial charge on any atom is -0.480 e. The molecule has 1 unspecified atom stereocenters. The van der Waals surface area contributed by atoms with Crippen LogP contribution in [0.25, 0.3) is 0 Å². The van der Waals surface area contributed by atoms with E-state index in [0.29, 0.717) is 38.6 Å². The van der Waals surface area contributed by atoms with Crippen LogP contribution in [-0.2, 0) is 20.8 Å². The fraction of sp³-hybridized carbons (Fsp3) is 0.625. The maximum absolute atomic E-state index is 12.0. The van der Waals surface area contributed by atoms with Gasteiger partial charge >= 0.3 is 5.97 Å². The lowest BCUT2D eigenvalue weighted by molar-refractivity contribution is -0.142. The number of carbonyl (C=O) groups is 3. The Morgan fingerprint density at radius 1 is 0.867 bits per heavy atom. The standard InChI is InChI=1S/C24H38N2O4/c1-2-3-4-5-6-7-11-17-22(27)26-21(24(29)30)16-12-13-18-25-23(28)19-20-14-9-8-10-15-20/h8-10,14-15,21H,2-7,11-13,16-19H2,1H3,(H,25,28)(H,26,27)(H,29,30). The second-order valence-electron chi connectivity index (χ2n) is 7.84. The van der Waals surface area contributed by atoms with Gasteiger partial charge in [0.1, 0.15) is 6.04 Å². The second kappa shape index (κ2) is 16.4. The van der Waals surface area contributed by atoms with Gasteiger partial charge in [0.2, 0.25) is 11.8 Å². The van der Waals surface area contributed by atoms with Crippen molar-refractivity contribution >= 4 is 17.8 Å². The number of aliphatic carboxylic acids is 1. The molecule has 0 aliphatic carbocycles. The first-order valence-corrected chi connectivity index (χ1v) is 11.4. The monoisotopic (exact) mass is 418 g/mol. The number of carbonyl (C=O) groups excluding carboxylic acids is 2. The molecule has 0 spiro atoms. The van der Waals surface area contributed by atoms with Crippen molar-refractivity contribution in [2.45, 2.75) is 90.0 Å². The molecule has 1 aromatic carbocycles. The maximum Gasteiger partial charge on any atom is 0.326 e. The van der Waals surface area contributed by atoms with Gasteiger partial charge in [-0.2, -0.15) is 0 Å². The van der Waals surface area contributed by atoms with Gasteiger partial charge in [-0.1, -0.05) is 75.8 Å². The van der Waals surface area contributed by atoms with E-state index in [9.17, 15) is 19.5 Å². The van der Waals surface area contributed by atoms with Gasteiger partial charge in [0, 0.05) is 13.0 Å². The van der Waals surface area contributed by atoms with E-state index < -0.39 is 12.0 Å². The van der Waals surface area contributed by atoms with Gasteiger partial charge in [0.05, 0.1) is 6.42 Å². The first kappa shape index (κ1) is 25.7. The Labute approximate surface area is 180 Å². The summed E-state index contributed by atoms with van der Waals surface area (Å²) in [5.74, 6) is -1.23. The summed E-state index contributed by atoms with van der Waals surface area (Å²) < 4.78 is 0. The number of hydrogen-bond donors (Lipinski definition) is 3. The first-order chi connectivity index (χ1) is 14.5. The average molecular weight is 419 g/mol. The molecule has 168 valence electrons. The lowest BCUT2D eigenvalue weighted by atomic mass is 10.1. The van der Waals surface area contributed by atoms with Crippen molar-refractivity contribution in [3.05, 3.63) is 35.9 Å². The molecule has 6 nitrogen and oxygen atoms in total. The lowest BCUT2D eigenvalue weighted by Gasteiger charge is -2.14. The van der Waals surface area contributed by atoms with Crippen LogP contribution in [0.4, 0.5) is 0 Å². The third kappa shape index (κ3) is 13.0. The molecular formula is C24H38N2O4. The molecule has 0 radical (unpaired) electrons. The molecule has 30 heavy (non-hydrogen) atoms. The Morgan fingerprint density at radius 2 is 1.53 bits per heavy atom. The van der Waals surface area contributed by atoms with Crippen LogP contribution in [0.5, 0.6) is 0 Å². The smallest absolute Gasteiger partial charge is 0.326 e. The molecule has 0 heterocycles. The molecule has 6 heteroatoms. The highest BCUT2D eigenvalue weighted by molar-refractivity contribution is 5.83. The quantitative estimate of drug-likeness (QED) is 0.330. The topological polar surface area (TPSA) is 95.5 Å². The van der Waals surface area contributed by atoms with Gasteiger partial charge in [0.25, 0.3) is 0 Å². The van der Waals surface area contributed by atoms with Crippen molar-refractivity contribution in [3.63, 3.8) is 0 Å². The summed E-state index contributed by atoms with van der Waals surface area (Å²) in [4.78, 5) is 35.3. The van der Waals surface area contributed by atoms with E-state index in [0.717, 1.165) is 24.8 Å². The molecule has 0 aromatic heterocycles. The van der Waals surface area contributed by atoms with Crippen LogP contribution in [-0.4, -0.2) is 35.5 Å². The van der Waals surface area contributed by atoms with E-state index in [1.807, 2.05) is 30.3 Å². The lowest BCUT2D eigenvalue weighted by Crippen LogP contribution is -2.40. The first-order valence-electron chi connectivity index (χ1n) is 11.4. The Morgan fingerprint density at radius 3 is 2.20 bits per heavy atom. The van der Waals surface area contributed by atoms with Gasteiger partial charge in [-0.25, -0.2) is 4.79 Å². The molecule has 2 amide bonds. The minimum absolute atomic E-state index is 0.0426. The van der Waals surface area contributed by atoms with Crippen molar-refractivity contribution in [2.75, 3.05) is 6.54 Å². The Hall–Kier alpha value is -2.37. The molecule has 3 N–H and O–H groups in total. The predicted octanol–water partition coefficient (Wildman–Crippen LogP) is 4.23. The van der Waals surface area contributed by atoms with Gasteiger partial charge in [0.15, 0.2) is 0 Å². The molecule has 0 saturated carbocycles. The van der Waals surface area contributed by atoms with E-state index in [-0.39, 0.29) is 11.8 Å². The zero-order valence-corrected chi connectivity index (χ0v) is 18.3. The van der Waals surface area contributed by atoms with E-state index in [1.54, 1.807) is 0 Å². The van der Waals surface area contributed by atoms with E-state index in [1.165, 1.54) is 25.7 Å². The third-order valence-electron chi connectivity index (χ3n) is 5.09. The minimum atomic E-state index is -1.00.